The van der Waals surface area contributed by atoms with Gasteiger partial charge < -0.3 is 19.9 Å². The average molecular weight is 287 g/mol. The number of rotatable bonds is 8. The number of aliphatic carboxylic acids is 1. The fraction of sp³-hybridized carbons (Fsp3) is 0.857. The van der Waals surface area contributed by atoms with E-state index in [1.54, 1.807) is 0 Å². The summed E-state index contributed by atoms with van der Waals surface area (Å²) in [6, 6.07) is 0. The number of carboxylic acid groups (broad SMARTS) is 1. The first-order valence-corrected chi connectivity index (χ1v) is 7.12. The first-order chi connectivity index (χ1) is 9.42. The molecule has 2 atom stereocenters. The second-order valence-corrected chi connectivity index (χ2v) is 5.50. The van der Waals surface area contributed by atoms with Gasteiger partial charge in [0.15, 0.2) is 5.54 Å². The van der Waals surface area contributed by atoms with Crippen molar-refractivity contribution in [2.75, 3.05) is 13.7 Å². The predicted molar refractivity (Wildman–Crippen MR) is 73.5 cm³/mol. The van der Waals surface area contributed by atoms with Gasteiger partial charge in [0, 0.05) is 7.11 Å². The first kappa shape index (κ1) is 16.9. The summed E-state index contributed by atoms with van der Waals surface area (Å²) in [6.45, 7) is 3.20. The molecule has 0 aromatic heterocycles. The van der Waals surface area contributed by atoms with Crippen LogP contribution >= 0.6 is 0 Å². The van der Waals surface area contributed by atoms with E-state index < -0.39 is 17.6 Å². The molecule has 1 aliphatic rings. The molecule has 2 N–H and O–H groups in total. The molecule has 1 saturated carbocycles. The van der Waals surface area contributed by atoms with Crippen molar-refractivity contribution in [2.24, 2.45) is 0 Å². The minimum Gasteiger partial charge on any atom is -0.479 e. The molecule has 0 bridgehead atoms. The van der Waals surface area contributed by atoms with E-state index in [9.17, 15) is 14.7 Å². The van der Waals surface area contributed by atoms with Gasteiger partial charge in [-0.25, -0.2) is 4.79 Å². The Kier molecular flexibility index (Phi) is 6.42. The Bertz CT molecular complexity index is 340. The van der Waals surface area contributed by atoms with Gasteiger partial charge in [0.25, 0.3) is 0 Å². The minimum atomic E-state index is -1.43. The maximum absolute atomic E-state index is 12.2. The van der Waals surface area contributed by atoms with Crippen LogP contribution in [0.1, 0.15) is 46.0 Å². The minimum absolute atomic E-state index is 0.0893. The lowest BCUT2D eigenvalue weighted by molar-refractivity contribution is -0.152. The third kappa shape index (κ3) is 4.45. The van der Waals surface area contributed by atoms with E-state index in [4.69, 9.17) is 9.47 Å². The van der Waals surface area contributed by atoms with Crippen LogP contribution in [0.3, 0.4) is 0 Å². The molecule has 6 nitrogen and oxygen atoms in total. The molecule has 0 saturated heterocycles. The third-order valence-electron chi connectivity index (χ3n) is 3.63. The number of hydrogen-bond acceptors (Lipinski definition) is 4. The van der Waals surface area contributed by atoms with Gasteiger partial charge in [0.1, 0.15) is 6.10 Å². The Morgan fingerprint density at radius 1 is 1.40 bits per heavy atom. The monoisotopic (exact) mass is 287 g/mol. The second-order valence-electron chi connectivity index (χ2n) is 5.50. The number of hydrogen-bond donors (Lipinski definition) is 2. The van der Waals surface area contributed by atoms with Gasteiger partial charge in [-0.05, 0) is 26.2 Å². The first-order valence-electron chi connectivity index (χ1n) is 7.12. The molecule has 0 aromatic rings. The molecule has 0 spiro atoms. The normalized spacial score (nSPS) is 20.4. The van der Waals surface area contributed by atoms with E-state index in [2.05, 4.69) is 5.32 Å². The maximum Gasteiger partial charge on any atom is 0.331 e. The van der Waals surface area contributed by atoms with Gasteiger partial charge in [-0.3, -0.25) is 4.79 Å². The van der Waals surface area contributed by atoms with Crippen LogP contribution in [0.25, 0.3) is 0 Å². The van der Waals surface area contributed by atoms with E-state index in [-0.39, 0.29) is 18.6 Å². The molecular weight excluding hydrogens is 262 g/mol. The van der Waals surface area contributed by atoms with Gasteiger partial charge >= 0.3 is 5.97 Å². The Morgan fingerprint density at radius 2 is 2.00 bits per heavy atom. The maximum atomic E-state index is 12.2. The molecule has 0 aromatic carbocycles. The molecule has 1 aliphatic carbocycles. The van der Waals surface area contributed by atoms with Crippen molar-refractivity contribution in [2.45, 2.75) is 63.7 Å². The zero-order valence-corrected chi connectivity index (χ0v) is 12.5. The van der Waals surface area contributed by atoms with Crippen LogP contribution in [-0.2, 0) is 19.1 Å². The zero-order valence-electron chi connectivity index (χ0n) is 12.5. The van der Waals surface area contributed by atoms with Gasteiger partial charge in [-0.2, -0.15) is 0 Å². The van der Waals surface area contributed by atoms with Crippen molar-refractivity contribution < 1.29 is 24.2 Å². The predicted octanol–water partition coefficient (Wildman–Crippen LogP) is 1.33. The van der Waals surface area contributed by atoms with Crippen molar-refractivity contribution >= 4 is 11.9 Å². The molecule has 0 radical (unpaired) electrons. The quantitative estimate of drug-likeness (QED) is 0.703. The van der Waals surface area contributed by atoms with Crippen LogP contribution in [0.5, 0.6) is 0 Å². The third-order valence-corrected chi connectivity index (χ3v) is 3.63. The van der Waals surface area contributed by atoms with Gasteiger partial charge in [0.05, 0.1) is 12.7 Å². The number of amides is 1. The molecular formula is C14H25NO5. The lowest BCUT2D eigenvalue weighted by Gasteiger charge is -2.28. The summed E-state index contributed by atoms with van der Waals surface area (Å²) in [5.74, 6) is -1.51. The Labute approximate surface area is 119 Å². The highest BCUT2D eigenvalue weighted by atomic mass is 16.5. The fourth-order valence-electron chi connectivity index (χ4n) is 2.39. The topological polar surface area (TPSA) is 84.9 Å². The number of methoxy groups -OCH3 is 1. The van der Waals surface area contributed by atoms with E-state index >= 15 is 0 Å². The van der Waals surface area contributed by atoms with Crippen LogP contribution < -0.4 is 5.32 Å². The van der Waals surface area contributed by atoms with Crippen molar-refractivity contribution in [3.8, 4) is 0 Å². The highest BCUT2D eigenvalue weighted by Gasteiger charge is 2.37. The van der Waals surface area contributed by atoms with Crippen LogP contribution in [-0.4, -0.2) is 48.4 Å². The molecule has 0 aliphatic heterocycles. The van der Waals surface area contributed by atoms with Crippen LogP contribution in [0.15, 0.2) is 0 Å². The van der Waals surface area contributed by atoms with Crippen LogP contribution in [0.2, 0.25) is 0 Å². The summed E-state index contributed by atoms with van der Waals surface area (Å²) < 4.78 is 10.7. The molecule has 1 amide bonds. The number of carbonyl (C=O) groups is 2. The molecule has 6 heteroatoms. The number of ether oxygens (including phenoxy) is 2. The van der Waals surface area contributed by atoms with Crippen molar-refractivity contribution in [1.82, 2.24) is 5.32 Å². The smallest absolute Gasteiger partial charge is 0.331 e. The molecule has 1 fully saturated rings. The van der Waals surface area contributed by atoms with E-state index in [1.807, 2.05) is 6.92 Å². The van der Waals surface area contributed by atoms with Gasteiger partial charge in [0.2, 0.25) is 5.91 Å². The summed E-state index contributed by atoms with van der Waals surface area (Å²) in [5.41, 5.74) is -1.43. The molecule has 1 rings (SSSR count). The Hall–Kier alpha value is -1.14. The van der Waals surface area contributed by atoms with Gasteiger partial charge in [-0.1, -0.05) is 19.8 Å². The van der Waals surface area contributed by atoms with Crippen molar-refractivity contribution in [1.29, 1.82) is 0 Å². The SMILES string of the molecule is CCC(OC1CCCC1)C(=O)NC(C)(COC)C(=O)O. The summed E-state index contributed by atoms with van der Waals surface area (Å²) in [7, 11) is 1.40. The largest absolute Gasteiger partial charge is 0.479 e. The molecule has 20 heavy (non-hydrogen) atoms. The highest BCUT2D eigenvalue weighted by Crippen LogP contribution is 2.23. The second kappa shape index (κ2) is 7.59. The summed E-state index contributed by atoms with van der Waals surface area (Å²) >= 11 is 0. The number of nitrogens with one attached hydrogen (secondary N) is 1. The van der Waals surface area contributed by atoms with E-state index in [0.29, 0.717) is 6.42 Å². The number of carboxylic acids is 1. The van der Waals surface area contributed by atoms with E-state index in [0.717, 1.165) is 25.7 Å². The lowest BCUT2D eigenvalue weighted by Crippen LogP contribution is -2.58. The van der Waals surface area contributed by atoms with Gasteiger partial charge in [-0.15, -0.1) is 0 Å². The average Bonchev–Trinajstić information content (AvgIpc) is 2.88. The Morgan fingerprint density at radius 3 is 2.45 bits per heavy atom. The highest BCUT2D eigenvalue weighted by molar-refractivity contribution is 5.88. The van der Waals surface area contributed by atoms with Crippen molar-refractivity contribution in [3.63, 3.8) is 0 Å². The Balaban J connectivity index is 2.62. The van der Waals surface area contributed by atoms with Crippen molar-refractivity contribution in [3.05, 3.63) is 0 Å². The molecule has 116 valence electrons. The zero-order chi connectivity index (χ0) is 15.2. The standard InChI is InChI=1S/C14H25NO5/c1-4-11(20-10-7-5-6-8-10)12(16)15-14(2,9-19-3)13(17)18/h10-11H,4-9H2,1-3H3,(H,15,16)(H,17,18). The van der Waals surface area contributed by atoms with Crippen LogP contribution in [0.4, 0.5) is 0 Å². The van der Waals surface area contributed by atoms with Crippen LogP contribution in [0, 0.1) is 0 Å². The lowest BCUT2D eigenvalue weighted by atomic mass is 10.0. The molecule has 2 unspecified atom stereocenters. The fourth-order valence-corrected chi connectivity index (χ4v) is 2.39. The summed E-state index contributed by atoms with van der Waals surface area (Å²) in [6.07, 6.45) is 4.22. The van der Waals surface area contributed by atoms with E-state index in [1.165, 1.54) is 14.0 Å². The number of carbonyl (C=O) groups excluding carboxylic acids is 1. The summed E-state index contributed by atoms with van der Waals surface area (Å²) in [4.78, 5) is 23.5. The summed E-state index contributed by atoms with van der Waals surface area (Å²) in [5, 5.41) is 11.7. The molecule has 0 heterocycles.